The fourth-order valence-corrected chi connectivity index (χ4v) is 3.71. The van der Waals surface area contributed by atoms with Gasteiger partial charge in [0.1, 0.15) is 0 Å². The third-order valence-corrected chi connectivity index (χ3v) is 5.20. The van der Waals surface area contributed by atoms with Crippen molar-refractivity contribution >= 4 is 28.7 Å². The zero-order valence-electron chi connectivity index (χ0n) is 14.7. The summed E-state index contributed by atoms with van der Waals surface area (Å²) in [6.07, 6.45) is 22.5. The van der Waals surface area contributed by atoms with E-state index in [1.807, 2.05) is 11.8 Å². The lowest BCUT2D eigenvalue weighted by Gasteiger charge is -2.13. The first kappa shape index (κ1) is 22.4. The van der Waals surface area contributed by atoms with Crippen LogP contribution < -0.4 is 0 Å². The second-order valence-electron chi connectivity index (χ2n) is 6.49. The second-order valence-corrected chi connectivity index (χ2v) is 7.35. The summed E-state index contributed by atoms with van der Waals surface area (Å²) in [5, 5.41) is 2.21. The minimum atomic E-state index is 0. The van der Waals surface area contributed by atoms with E-state index >= 15 is 0 Å². The molecule has 0 aliphatic carbocycles. The molecule has 132 valence electrons. The Morgan fingerprint density at radius 2 is 1.18 bits per heavy atom. The van der Waals surface area contributed by atoms with Crippen molar-refractivity contribution in [2.75, 3.05) is 12.4 Å². The molecule has 3 heteroatoms. The van der Waals surface area contributed by atoms with Gasteiger partial charge in [0, 0.05) is 12.7 Å². The average molecular weight is 392 g/mol. The van der Waals surface area contributed by atoms with Crippen LogP contribution in [0.5, 0.6) is 0 Å². The molecule has 0 spiro atoms. The van der Waals surface area contributed by atoms with E-state index in [0.717, 1.165) is 0 Å². The number of thioether (sulfide) groups is 1. The van der Waals surface area contributed by atoms with Gasteiger partial charge in [-0.15, -0.1) is 28.7 Å². The maximum atomic E-state index is 2.44. The highest BCUT2D eigenvalue weighted by molar-refractivity contribution is 8.93. The van der Waals surface area contributed by atoms with Crippen LogP contribution in [0.2, 0.25) is 0 Å². The van der Waals surface area contributed by atoms with Crippen LogP contribution in [0.3, 0.4) is 0 Å². The molecule has 22 heavy (non-hydrogen) atoms. The van der Waals surface area contributed by atoms with E-state index in [2.05, 4.69) is 23.4 Å². The van der Waals surface area contributed by atoms with Gasteiger partial charge >= 0.3 is 0 Å². The number of hydrogen-bond acceptors (Lipinski definition) is 2. The van der Waals surface area contributed by atoms with Crippen molar-refractivity contribution in [2.24, 2.45) is 0 Å². The molecule has 0 atom stereocenters. The molecule has 0 amide bonds. The largest absolute Gasteiger partial charge is 0.367 e. The molecule has 1 heterocycles. The summed E-state index contributed by atoms with van der Waals surface area (Å²) >= 11 is 1.91. The fourth-order valence-electron chi connectivity index (χ4n) is 2.96. The highest BCUT2D eigenvalue weighted by Crippen LogP contribution is 2.16. The van der Waals surface area contributed by atoms with Crippen molar-refractivity contribution < 1.29 is 0 Å². The summed E-state index contributed by atoms with van der Waals surface area (Å²) in [6.45, 7) is 3.56. The van der Waals surface area contributed by atoms with Gasteiger partial charge in [0.15, 0.2) is 0 Å². The van der Waals surface area contributed by atoms with Crippen LogP contribution in [0.1, 0.15) is 96.8 Å². The lowest BCUT2D eigenvalue weighted by Crippen LogP contribution is -2.14. The molecular weight excluding hydrogens is 354 g/mol. The van der Waals surface area contributed by atoms with Crippen LogP contribution in [0.25, 0.3) is 0 Å². The Balaban J connectivity index is 0.00000441. The van der Waals surface area contributed by atoms with Crippen molar-refractivity contribution in [1.29, 1.82) is 0 Å². The fraction of sp³-hybridized carbons (Fsp3) is 0.895. The van der Waals surface area contributed by atoms with E-state index in [1.165, 1.54) is 102 Å². The summed E-state index contributed by atoms with van der Waals surface area (Å²) in [5.41, 5.74) is 0. The Labute approximate surface area is 154 Å². The third kappa shape index (κ3) is 14.0. The number of unbranched alkanes of at least 4 members (excludes halogenated alkanes) is 13. The van der Waals surface area contributed by atoms with E-state index in [0.29, 0.717) is 0 Å². The molecule has 0 bridgehead atoms. The van der Waals surface area contributed by atoms with Crippen LogP contribution in [-0.2, 0) is 0 Å². The molecule has 1 aliphatic rings. The van der Waals surface area contributed by atoms with Gasteiger partial charge in [0.2, 0.25) is 0 Å². The van der Waals surface area contributed by atoms with Gasteiger partial charge in [-0.1, -0.05) is 90.4 Å². The summed E-state index contributed by atoms with van der Waals surface area (Å²) < 4.78 is 0. The second kappa shape index (κ2) is 17.7. The summed E-state index contributed by atoms with van der Waals surface area (Å²) in [6, 6.07) is 0. The molecule has 1 aliphatic heterocycles. The van der Waals surface area contributed by atoms with Crippen LogP contribution in [0, 0.1) is 0 Å². The molecule has 0 unspecified atom stereocenters. The summed E-state index contributed by atoms with van der Waals surface area (Å²) in [4.78, 5) is 2.44. The number of hydrogen-bond donors (Lipinski definition) is 0. The average Bonchev–Trinajstić information content (AvgIpc) is 3.01. The van der Waals surface area contributed by atoms with Crippen molar-refractivity contribution in [2.45, 2.75) is 96.8 Å². The minimum Gasteiger partial charge on any atom is -0.367 e. The molecule has 0 N–H and O–H groups in total. The van der Waals surface area contributed by atoms with E-state index in [4.69, 9.17) is 0 Å². The summed E-state index contributed by atoms with van der Waals surface area (Å²) in [7, 11) is 0. The van der Waals surface area contributed by atoms with E-state index in [-0.39, 0.29) is 17.0 Å². The predicted molar refractivity (Wildman–Crippen MR) is 109 cm³/mol. The maximum Gasteiger partial charge on any atom is 0.0675 e. The quantitative estimate of drug-likeness (QED) is 0.265. The SMILES string of the molecule is Br.CCCCCCCCCCCCCCCCN1C=CSC1. The molecule has 1 rings (SSSR count). The van der Waals surface area contributed by atoms with Crippen molar-refractivity contribution in [1.82, 2.24) is 4.90 Å². The zero-order chi connectivity index (χ0) is 15.0. The minimum absolute atomic E-state index is 0. The Morgan fingerprint density at radius 1 is 0.727 bits per heavy atom. The Morgan fingerprint density at radius 3 is 1.59 bits per heavy atom. The van der Waals surface area contributed by atoms with Gasteiger partial charge in [0.25, 0.3) is 0 Å². The van der Waals surface area contributed by atoms with Gasteiger partial charge in [-0.05, 0) is 11.8 Å². The molecule has 0 saturated heterocycles. The smallest absolute Gasteiger partial charge is 0.0675 e. The Kier molecular flexibility index (Phi) is 18.0. The Hall–Kier alpha value is 0.370. The topological polar surface area (TPSA) is 3.24 Å². The summed E-state index contributed by atoms with van der Waals surface area (Å²) in [5.74, 6) is 1.18. The van der Waals surface area contributed by atoms with Gasteiger partial charge in [0.05, 0.1) is 5.88 Å². The van der Waals surface area contributed by atoms with Crippen LogP contribution in [0.15, 0.2) is 11.6 Å². The van der Waals surface area contributed by atoms with Gasteiger partial charge in [-0.3, -0.25) is 0 Å². The first-order valence-electron chi connectivity index (χ1n) is 9.46. The van der Waals surface area contributed by atoms with Crippen molar-refractivity contribution in [3.63, 3.8) is 0 Å². The standard InChI is InChI=1S/C19H37NS.BrH/c1-2-3-4-5-6-7-8-9-10-11-12-13-14-15-16-20-17-18-21-19-20;/h17-18H,2-16,19H2,1H3;1H. The van der Waals surface area contributed by atoms with E-state index < -0.39 is 0 Å². The van der Waals surface area contributed by atoms with Crippen LogP contribution in [0.4, 0.5) is 0 Å². The molecule has 0 fully saturated rings. The molecule has 1 nitrogen and oxygen atoms in total. The van der Waals surface area contributed by atoms with Crippen LogP contribution in [-0.4, -0.2) is 17.3 Å². The number of nitrogens with zero attached hydrogens (tertiary/aromatic N) is 1. The zero-order valence-corrected chi connectivity index (χ0v) is 17.3. The lowest BCUT2D eigenvalue weighted by atomic mass is 10.0. The van der Waals surface area contributed by atoms with Gasteiger partial charge in [-0.25, -0.2) is 0 Å². The van der Waals surface area contributed by atoms with Crippen molar-refractivity contribution in [3.8, 4) is 0 Å². The molecular formula is C19H38BrNS. The van der Waals surface area contributed by atoms with Gasteiger partial charge < -0.3 is 4.90 Å². The predicted octanol–water partition coefficient (Wildman–Crippen LogP) is 7.52. The number of halogens is 1. The van der Waals surface area contributed by atoms with E-state index in [1.54, 1.807) is 0 Å². The molecule has 0 radical (unpaired) electrons. The van der Waals surface area contributed by atoms with Crippen LogP contribution >= 0.6 is 28.7 Å². The highest BCUT2D eigenvalue weighted by atomic mass is 79.9. The molecule has 0 aromatic heterocycles. The molecule has 0 saturated carbocycles. The molecule has 0 aromatic carbocycles. The molecule has 0 aromatic rings. The monoisotopic (exact) mass is 391 g/mol. The first-order valence-corrected chi connectivity index (χ1v) is 10.5. The number of rotatable bonds is 15. The first-order chi connectivity index (χ1) is 10.4. The van der Waals surface area contributed by atoms with Gasteiger partial charge in [-0.2, -0.15) is 0 Å². The highest BCUT2D eigenvalue weighted by Gasteiger charge is 2.02. The Bertz CT molecular complexity index is 246. The lowest BCUT2D eigenvalue weighted by molar-refractivity contribution is 0.420. The van der Waals surface area contributed by atoms with E-state index in [9.17, 15) is 0 Å². The van der Waals surface area contributed by atoms with Crippen molar-refractivity contribution in [3.05, 3.63) is 11.6 Å². The third-order valence-electron chi connectivity index (χ3n) is 4.41. The maximum absolute atomic E-state index is 2.44. The normalized spacial score (nSPS) is 13.6.